The smallest absolute Gasteiger partial charge is 0.0626 e. The summed E-state index contributed by atoms with van der Waals surface area (Å²) in [6.07, 6.45) is 2.53. The Morgan fingerprint density at radius 3 is 2.38 bits per heavy atom. The molecule has 2 heteroatoms. The first-order chi connectivity index (χ1) is 7.29. The summed E-state index contributed by atoms with van der Waals surface area (Å²) >= 11 is 0. The van der Waals surface area contributed by atoms with Crippen LogP contribution in [-0.4, -0.2) is 24.8 Å². The molecule has 0 amide bonds. The van der Waals surface area contributed by atoms with Crippen molar-refractivity contribution in [2.24, 2.45) is 11.3 Å². The lowest BCUT2D eigenvalue weighted by atomic mass is 9.73. The highest BCUT2D eigenvalue weighted by Gasteiger charge is 2.40. The molecule has 16 heavy (non-hydrogen) atoms. The maximum atomic E-state index is 5.87. The maximum absolute atomic E-state index is 5.87. The summed E-state index contributed by atoms with van der Waals surface area (Å²) in [7, 11) is 0. The predicted molar refractivity (Wildman–Crippen MR) is 69.7 cm³/mol. The van der Waals surface area contributed by atoms with E-state index in [1.807, 2.05) is 0 Å². The molecule has 96 valence electrons. The van der Waals surface area contributed by atoms with Crippen LogP contribution in [-0.2, 0) is 4.74 Å². The summed E-state index contributed by atoms with van der Waals surface area (Å²) in [5.41, 5.74) is 0.475. The van der Waals surface area contributed by atoms with E-state index >= 15 is 0 Å². The van der Waals surface area contributed by atoms with Crippen molar-refractivity contribution in [2.45, 2.75) is 66.0 Å². The fraction of sp³-hybridized carbons (Fsp3) is 1.00. The minimum absolute atomic E-state index is 0.0169. The van der Waals surface area contributed by atoms with Gasteiger partial charge < -0.3 is 10.1 Å². The van der Waals surface area contributed by atoms with Gasteiger partial charge in [-0.2, -0.15) is 0 Å². The Labute approximate surface area is 101 Å². The van der Waals surface area contributed by atoms with E-state index in [9.17, 15) is 0 Å². The fourth-order valence-corrected chi connectivity index (χ4v) is 2.57. The molecule has 2 nitrogen and oxygen atoms in total. The molecule has 0 bridgehead atoms. The number of rotatable bonds is 4. The molecule has 1 heterocycles. The average molecular weight is 227 g/mol. The molecule has 0 aromatic rings. The van der Waals surface area contributed by atoms with E-state index in [2.05, 4.69) is 46.9 Å². The third-order valence-electron chi connectivity index (χ3n) is 4.04. The van der Waals surface area contributed by atoms with Crippen LogP contribution >= 0.6 is 0 Å². The van der Waals surface area contributed by atoms with Gasteiger partial charge in [0.2, 0.25) is 0 Å². The van der Waals surface area contributed by atoms with Crippen molar-refractivity contribution < 1.29 is 4.74 Å². The molecule has 0 spiro atoms. The molecule has 1 N–H and O–H groups in total. The van der Waals surface area contributed by atoms with Crippen molar-refractivity contribution in [2.75, 3.05) is 13.2 Å². The Morgan fingerprint density at radius 1 is 1.38 bits per heavy atom. The van der Waals surface area contributed by atoms with E-state index in [4.69, 9.17) is 4.74 Å². The van der Waals surface area contributed by atoms with Gasteiger partial charge in [-0.1, -0.05) is 20.8 Å². The third-order valence-corrected chi connectivity index (χ3v) is 4.04. The predicted octanol–water partition coefficient (Wildman–Crippen LogP) is 3.22. The Morgan fingerprint density at radius 2 is 2.00 bits per heavy atom. The molecule has 0 aromatic carbocycles. The lowest BCUT2D eigenvalue weighted by molar-refractivity contribution is -0.0139. The second-order valence-corrected chi connectivity index (χ2v) is 6.58. The fourth-order valence-electron chi connectivity index (χ4n) is 2.57. The van der Waals surface area contributed by atoms with Crippen LogP contribution in [0.4, 0.5) is 0 Å². The zero-order chi connectivity index (χ0) is 12.4. The van der Waals surface area contributed by atoms with Crippen molar-refractivity contribution in [1.82, 2.24) is 5.32 Å². The van der Waals surface area contributed by atoms with Crippen LogP contribution in [0.25, 0.3) is 0 Å². The molecule has 0 saturated carbocycles. The highest BCUT2D eigenvalue weighted by atomic mass is 16.5. The van der Waals surface area contributed by atoms with E-state index in [-0.39, 0.29) is 5.60 Å². The highest BCUT2D eigenvalue weighted by Crippen LogP contribution is 2.39. The minimum atomic E-state index is -0.0169. The van der Waals surface area contributed by atoms with Crippen molar-refractivity contribution in [3.8, 4) is 0 Å². The van der Waals surface area contributed by atoms with E-state index in [0.717, 1.165) is 19.1 Å². The van der Waals surface area contributed by atoms with Crippen molar-refractivity contribution >= 4 is 0 Å². The van der Waals surface area contributed by atoms with E-state index in [1.54, 1.807) is 0 Å². The normalized spacial score (nSPS) is 31.3. The molecule has 1 saturated heterocycles. The van der Waals surface area contributed by atoms with Gasteiger partial charge in [0.25, 0.3) is 0 Å². The first-order valence-electron chi connectivity index (χ1n) is 6.66. The lowest BCUT2D eigenvalue weighted by Gasteiger charge is -2.32. The van der Waals surface area contributed by atoms with Crippen LogP contribution in [0.2, 0.25) is 0 Å². The quantitative estimate of drug-likeness (QED) is 0.796. The minimum Gasteiger partial charge on any atom is -0.374 e. The maximum Gasteiger partial charge on any atom is 0.0626 e. The van der Waals surface area contributed by atoms with Gasteiger partial charge in [0.15, 0.2) is 0 Å². The number of ether oxygens (including phenoxy) is 1. The van der Waals surface area contributed by atoms with Gasteiger partial charge in [-0.05, 0) is 44.9 Å². The topological polar surface area (TPSA) is 21.3 Å². The van der Waals surface area contributed by atoms with Gasteiger partial charge in [0, 0.05) is 12.6 Å². The molecule has 1 fully saturated rings. The van der Waals surface area contributed by atoms with Crippen molar-refractivity contribution in [3.05, 3.63) is 0 Å². The average Bonchev–Trinajstić information content (AvgIpc) is 2.58. The molecule has 1 aliphatic rings. The molecule has 1 aliphatic heterocycles. The Bertz CT molecular complexity index is 219. The molecular weight excluding hydrogens is 198 g/mol. The Balaban J connectivity index is 2.45. The van der Waals surface area contributed by atoms with E-state index in [1.165, 1.54) is 12.8 Å². The Hall–Kier alpha value is -0.0800. The molecule has 2 atom stereocenters. The van der Waals surface area contributed by atoms with Crippen LogP contribution in [0.1, 0.15) is 54.4 Å². The molecule has 1 rings (SSSR count). The second kappa shape index (κ2) is 5.05. The highest BCUT2D eigenvalue weighted by molar-refractivity contribution is 4.94. The second-order valence-electron chi connectivity index (χ2n) is 6.58. The number of hydrogen-bond acceptors (Lipinski definition) is 2. The van der Waals surface area contributed by atoms with Gasteiger partial charge in [-0.25, -0.2) is 0 Å². The zero-order valence-electron chi connectivity index (χ0n) is 11.9. The molecule has 0 radical (unpaired) electrons. The first kappa shape index (κ1) is 14.0. The van der Waals surface area contributed by atoms with Crippen LogP contribution in [0.15, 0.2) is 0 Å². The first-order valence-corrected chi connectivity index (χ1v) is 6.66. The van der Waals surface area contributed by atoms with Crippen LogP contribution < -0.4 is 5.32 Å². The summed E-state index contributed by atoms with van der Waals surface area (Å²) < 4.78 is 5.87. The van der Waals surface area contributed by atoms with Crippen LogP contribution in [0.5, 0.6) is 0 Å². The molecule has 2 unspecified atom stereocenters. The third kappa shape index (κ3) is 3.46. The summed E-state index contributed by atoms with van der Waals surface area (Å²) in [6, 6.07) is 0.543. The van der Waals surface area contributed by atoms with E-state index < -0.39 is 0 Å². The van der Waals surface area contributed by atoms with Gasteiger partial charge in [0.1, 0.15) is 0 Å². The monoisotopic (exact) mass is 227 g/mol. The lowest BCUT2D eigenvalue weighted by Crippen LogP contribution is -2.31. The van der Waals surface area contributed by atoms with Crippen LogP contribution in [0, 0.1) is 11.3 Å². The van der Waals surface area contributed by atoms with Gasteiger partial charge in [0.05, 0.1) is 12.2 Å². The zero-order valence-corrected chi connectivity index (χ0v) is 11.9. The summed E-state index contributed by atoms with van der Waals surface area (Å²) in [5, 5.41) is 3.63. The standard InChI is InChI=1S/C14H29NO/c1-7-14(11(2)3)8-12(15-10-14)9-16-13(4,5)6/h11-12,15H,7-10H2,1-6H3. The van der Waals surface area contributed by atoms with Gasteiger partial charge >= 0.3 is 0 Å². The molecular formula is C14H29NO. The van der Waals surface area contributed by atoms with Crippen LogP contribution in [0.3, 0.4) is 0 Å². The molecule has 0 aliphatic carbocycles. The molecule has 0 aromatic heterocycles. The van der Waals surface area contributed by atoms with Crippen molar-refractivity contribution in [1.29, 1.82) is 0 Å². The Kier molecular flexibility index (Phi) is 4.42. The summed E-state index contributed by atoms with van der Waals surface area (Å²) in [4.78, 5) is 0. The van der Waals surface area contributed by atoms with Crippen molar-refractivity contribution in [3.63, 3.8) is 0 Å². The largest absolute Gasteiger partial charge is 0.374 e. The van der Waals surface area contributed by atoms with E-state index in [0.29, 0.717) is 11.5 Å². The summed E-state index contributed by atoms with van der Waals surface area (Å²) in [6.45, 7) is 15.4. The number of nitrogens with one attached hydrogen (secondary N) is 1. The summed E-state index contributed by atoms with van der Waals surface area (Å²) in [5.74, 6) is 0.754. The SMILES string of the molecule is CCC1(C(C)C)CNC(COC(C)(C)C)C1. The number of hydrogen-bond donors (Lipinski definition) is 1. The van der Waals surface area contributed by atoms with Gasteiger partial charge in [-0.3, -0.25) is 0 Å². The van der Waals surface area contributed by atoms with Gasteiger partial charge in [-0.15, -0.1) is 0 Å².